The zero-order chi connectivity index (χ0) is 11.7. The Morgan fingerprint density at radius 3 is 2.60 bits per heavy atom. The van der Waals surface area contributed by atoms with E-state index in [9.17, 15) is 13.6 Å². The predicted octanol–water partition coefficient (Wildman–Crippen LogP) is 1.97. The van der Waals surface area contributed by atoms with Crippen LogP contribution in [0.3, 0.4) is 0 Å². The van der Waals surface area contributed by atoms with E-state index < -0.39 is 17.4 Å². The normalized spacial score (nSPS) is 22.7. The van der Waals surface area contributed by atoms with E-state index in [-0.39, 0.29) is 19.4 Å². The van der Waals surface area contributed by atoms with E-state index in [1.54, 1.807) is 18.7 Å². The highest BCUT2D eigenvalue weighted by Gasteiger charge is 2.41. The van der Waals surface area contributed by atoms with Crippen molar-refractivity contribution in [2.45, 2.75) is 44.6 Å². The van der Waals surface area contributed by atoms with Gasteiger partial charge in [-0.05, 0) is 26.8 Å². The highest BCUT2D eigenvalue weighted by atomic mass is 19.3. The molecule has 0 aromatic carbocycles. The van der Waals surface area contributed by atoms with E-state index in [0.717, 1.165) is 0 Å². The molecular formula is C10H17F2NO2. The number of piperidine rings is 1. The van der Waals surface area contributed by atoms with Gasteiger partial charge in [-0.1, -0.05) is 0 Å². The fraction of sp³-hybridized carbons (Fsp3) is 0.900. The first-order valence-electron chi connectivity index (χ1n) is 5.08. The standard InChI is InChI=1S/C10H17F2NO2/c1-9(2,6-8(14)15)13-5-3-4-10(11,12)7-13/h3-7H2,1-2H3,(H,14,15). The average Bonchev–Trinajstić information content (AvgIpc) is 1.99. The summed E-state index contributed by atoms with van der Waals surface area (Å²) in [7, 11) is 0. The van der Waals surface area contributed by atoms with Gasteiger partial charge in [-0.25, -0.2) is 8.78 Å². The van der Waals surface area contributed by atoms with Crippen molar-refractivity contribution in [1.82, 2.24) is 4.90 Å². The second kappa shape index (κ2) is 4.04. The molecule has 1 heterocycles. The Morgan fingerprint density at radius 1 is 1.53 bits per heavy atom. The molecule has 0 aliphatic carbocycles. The van der Waals surface area contributed by atoms with E-state index in [1.165, 1.54) is 0 Å². The molecule has 15 heavy (non-hydrogen) atoms. The average molecular weight is 221 g/mol. The largest absolute Gasteiger partial charge is 0.481 e. The topological polar surface area (TPSA) is 40.5 Å². The van der Waals surface area contributed by atoms with E-state index in [0.29, 0.717) is 13.0 Å². The van der Waals surface area contributed by atoms with Gasteiger partial charge in [-0.15, -0.1) is 0 Å². The summed E-state index contributed by atoms with van der Waals surface area (Å²) < 4.78 is 26.3. The number of hydrogen-bond donors (Lipinski definition) is 1. The Labute approximate surface area is 88.1 Å². The van der Waals surface area contributed by atoms with Gasteiger partial charge >= 0.3 is 5.97 Å². The van der Waals surface area contributed by atoms with Gasteiger partial charge in [0.25, 0.3) is 5.92 Å². The van der Waals surface area contributed by atoms with Crippen LogP contribution in [0.1, 0.15) is 33.1 Å². The van der Waals surface area contributed by atoms with Gasteiger partial charge in [-0.2, -0.15) is 0 Å². The zero-order valence-corrected chi connectivity index (χ0v) is 9.09. The van der Waals surface area contributed by atoms with E-state index >= 15 is 0 Å². The minimum absolute atomic E-state index is 0.0906. The summed E-state index contributed by atoms with van der Waals surface area (Å²) in [6, 6.07) is 0. The number of aliphatic carboxylic acids is 1. The first kappa shape index (κ1) is 12.4. The molecule has 0 radical (unpaired) electrons. The van der Waals surface area contributed by atoms with Crippen molar-refractivity contribution in [2.75, 3.05) is 13.1 Å². The van der Waals surface area contributed by atoms with Crippen molar-refractivity contribution >= 4 is 5.97 Å². The molecule has 0 aromatic heterocycles. The highest BCUT2D eigenvalue weighted by Crippen LogP contribution is 2.31. The fourth-order valence-corrected chi connectivity index (χ4v) is 1.96. The molecule has 0 spiro atoms. The molecule has 5 heteroatoms. The van der Waals surface area contributed by atoms with Gasteiger partial charge in [0.1, 0.15) is 0 Å². The van der Waals surface area contributed by atoms with Crippen LogP contribution in [0.15, 0.2) is 0 Å². The lowest BCUT2D eigenvalue weighted by molar-refractivity contribution is -0.143. The summed E-state index contributed by atoms with van der Waals surface area (Å²) in [4.78, 5) is 12.2. The summed E-state index contributed by atoms with van der Waals surface area (Å²) in [5.74, 6) is -3.62. The number of alkyl halides is 2. The van der Waals surface area contributed by atoms with Crippen molar-refractivity contribution in [3.63, 3.8) is 0 Å². The molecular weight excluding hydrogens is 204 g/mol. The number of likely N-dealkylation sites (tertiary alicyclic amines) is 1. The fourth-order valence-electron chi connectivity index (χ4n) is 1.96. The quantitative estimate of drug-likeness (QED) is 0.792. The van der Waals surface area contributed by atoms with Gasteiger partial charge in [0.15, 0.2) is 0 Å². The third-order valence-electron chi connectivity index (χ3n) is 2.83. The second-order valence-electron chi connectivity index (χ2n) is 4.76. The van der Waals surface area contributed by atoms with E-state index in [1.807, 2.05) is 0 Å². The smallest absolute Gasteiger partial charge is 0.305 e. The molecule has 1 aliphatic heterocycles. The van der Waals surface area contributed by atoms with Crippen LogP contribution in [0.25, 0.3) is 0 Å². The molecule has 0 saturated carbocycles. The minimum atomic E-state index is -2.67. The van der Waals surface area contributed by atoms with Crippen LogP contribution in [0.2, 0.25) is 0 Å². The number of carbonyl (C=O) groups is 1. The summed E-state index contributed by atoms with van der Waals surface area (Å²) in [6.07, 6.45) is 0.228. The highest BCUT2D eigenvalue weighted by molar-refractivity contribution is 5.68. The third kappa shape index (κ3) is 3.41. The molecule has 1 N–H and O–H groups in total. The molecule has 1 fully saturated rings. The monoisotopic (exact) mass is 221 g/mol. The van der Waals surface area contributed by atoms with Gasteiger partial charge in [0.05, 0.1) is 13.0 Å². The van der Waals surface area contributed by atoms with Crippen molar-refractivity contribution < 1.29 is 18.7 Å². The minimum Gasteiger partial charge on any atom is -0.481 e. The summed E-state index contributed by atoms with van der Waals surface area (Å²) >= 11 is 0. The summed E-state index contributed by atoms with van der Waals surface area (Å²) in [6.45, 7) is 3.62. The number of carboxylic acid groups (broad SMARTS) is 1. The van der Waals surface area contributed by atoms with Crippen LogP contribution >= 0.6 is 0 Å². The summed E-state index contributed by atoms with van der Waals surface area (Å²) in [5.41, 5.74) is -0.699. The Bertz CT molecular complexity index is 254. The first-order valence-corrected chi connectivity index (χ1v) is 5.08. The molecule has 1 saturated heterocycles. The molecule has 3 nitrogen and oxygen atoms in total. The van der Waals surface area contributed by atoms with Gasteiger partial charge in [0.2, 0.25) is 0 Å². The van der Waals surface area contributed by atoms with E-state index in [2.05, 4.69) is 0 Å². The Kier molecular flexibility index (Phi) is 3.33. The number of halogens is 2. The van der Waals surface area contributed by atoms with Crippen molar-refractivity contribution in [3.8, 4) is 0 Å². The van der Waals surface area contributed by atoms with Crippen molar-refractivity contribution in [1.29, 1.82) is 0 Å². The SMILES string of the molecule is CC(C)(CC(=O)O)N1CCCC(F)(F)C1. The maximum atomic E-state index is 13.1. The maximum absolute atomic E-state index is 13.1. The van der Waals surface area contributed by atoms with Crippen molar-refractivity contribution in [2.24, 2.45) is 0 Å². The molecule has 0 amide bonds. The number of carboxylic acids is 1. The van der Waals surface area contributed by atoms with Crippen molar-refractivity contribution in [3.05, 3.63) is 0 Å². The summed E-state index contributed by atoms with van der Waals surface area (Å²) in [5, 5.41) is 8.70. The molecule has 88 valence electrons. The molecule has 0 bridgehead atoms. The zero-order valence-electron chi connectivity index (χ0n) is 9.09. The third-order valence-corrected chi connectivity index (χ3v) is 2.83. The number of rotatable bonds is 3. The van der Waals surface area contributed by atoms with Gasteiger partial charge < -0.3 is 5.11 Å². The van der Waals surface area contributed by atoms with Crippen LogP contribution in [0, 0.1) is 0 Å². The first-order chi connectivity index (χ1) is 6.73. The van der Waals surface area contributed by atoms with Crippen LogP contribution in [0.5, 0.6) is 0 Å². The maximum Gasteiger partial charge on any atom is 0.305 e. The lowest BCUT2D eigenvalue weighted by Crippen LogP contribution is -2.53. The van der Waals surface area contributed by atoms with E-state index in [4.69, 9.17) is 5.11 Å². The van der Waals surface area contributed by atoms with Gasteiger partial charge in [-0.3, -0.25) is 9.69 Å². The predicted molar refractivity (Wildman–Crippen MR) is 52.1 cm³/mol. The number of nitrogens with zero attached hydrogens (tertiary/aromatic N) is 1. The Balaban J connectivity index is 2.66. The Hall–Kier alpha value is -0.710. The second-order valence-corrected chi connectivity index (χ2v) is 4.76. The molecule has 0 unspecified atom stereocenters. The molecule has 1 rings (SSSR count). The molecule has 0 atom stereocenters. The van der Waals surface area contributed by atoms with Crippen LogP contribution in [-0.2, 0) is 4.79 Å². The van der Waals surface area contributed by atoms with Crippen LogP contribution < -0.4 is 0 Å². The lowest BCUT2D eigenvalue weighted by Gasteiger charge is -2.42. The van der Waals surface area contributed by atoms with Crippen LogP contribution in [-0.4, -0.2) is 40.5 Å². The van der Waals surface area contributed by atoms with Gasteiger partial charge in [0, 0.05) is 12.0 Å². The molecule has 1 aliphatic rings. The Morgan fingerprint density at radius 2 is 2.13 bits per heavy atom. The lowest BCUT2D eigenvalue weighted by atomic mass is 9.94. The number of hydrogen-bond acceptors (Lipinski definition) is 2. The van der Waals surface area contributed by atoms with Crippen LogP contribution in [0.4, 0.5) is 8.78 Å². The molecule has 0 aromatic rings.